The van der Waals surface area contributed by atoms with E-state index in [2.05, 4.69) is 10.2 Å². The number of nitrogens with zero attached hydrogens (tertiary/aromatic N) is 4. The normalized spacial score (nSPS) is 18.7. The predicted octanol–water partition coefficient (Wildman–Crippen LogP) is 3.21. The number of methoxy groups -OCH3 is 1. The second-order valence-electron chi connectivity index (χ2n) is 8.78. The summed E-state index contributed by atoms with van der Waals surface area (Å²) in [5.41, 5.74) is 5.61. The molecule has 0 bridgehead atoms. The van der Waals surface area contributed by atoms with Crippen molar-refractivity contribution in [3.8, 4) is 11.5 Å². The van der Waals surface area contributed by atoms with Crippen molar-refractivity contribution in [2.75, 3.05) is 25.1 Å². The molecular weight excluding hydrogens is 541 g/mol. The van der Waals surface area contributed by atoms with Gasteiger partial charge in [0, 0.05) is 18.1 Å². The van der Waals surface area contributed by atoms with Crippen LogP contribution in [0, 0.1) is 5.82 Å². The molecule has 0 aliphatic carbocycles. The molecule has 0 saturated carbocycles. The molecule has 5 rings (SSSR count). The fraction of sp³-hybridized carbons (Fsp3) is 0.250. The zero-order chi connectivity index (χ0) is 27.2. The summed E-state index contributed by atoms with van der Waals surface area (Å²) in [7, 11) is -2.98. The molecule has 2 aliphatic rings. The molecule has 38 heavy (non-hydrogen) atoms. The maximum Gasteiger partial charge on any atom is 0.409 e. The standard InChI is InChI=1S/C24H21ClFN5O6S/c1-36-24(33)30-7-6-14(11-30)21-28-29-22(37-21)16-8-19-20(9-17(16)26)38(34,35)12-18(27)23(32)31(19)10-13-2-4-15(25)5-3-13/h2-5,8-9,12,14H,6-7,10-11,27H2,1H3. The Labute approximate surface area is 221 Å². The summed E-state index contributed by atoms with van der Waals surface area (Å²) in [6, 6.07) is 8.56. The number of anilines is 1. The number of hydrogen-bond donors (Lipinski definition) is 1. The minimum absolute atomic E-state index is 0.0708. The van der Waals surface area contributed by atoms with Gasteiger partial charge in [-0.25, -0.2) is 17.6 Å². The summed E-state index contributed by atoms with van der Waals surface area (Å²) in [6.07, 6.45) is 0.0549. The Hall–Kier alpha value is -3.97. The van der Waals surface area contributed by atoms with E-state index in [4.69, 9.17) is 26.5 Å². The van der Waals surface area contributed by atoms with Crippen LogP contribution in [-0.2, 0) is 25.9 Å². The number of fused-ring (bicyclic) bond motifs is 1. The van der Waals surface area contributed by atoms with Crippen LogP contribution in [0.25, 0.3) is 11.5 Å². The van der Waals surface area contributed by atoms with E-state index in [1.807, 2.05) is 0 Å². The number of likely N-dealkylation sites (tertiary alicyclic amines) is 1. The van der Waals surface area contributed by atoms with Crippen LogP contribution in [0.1, 0.15) is 23.8 Å². The highest BCUT2D eigenvalue weighted by atomic mass is 35.5. The number of carbonyl (C=O) groups excluding carboxylic acids is 2. The molecule has 0 spiro atoms. The lowest BCUT2D eigenvalue weighted by molar-refractivity contribution is -0.115. The van der Waals surface area contributed by atoms with Crippen LogP contribution in [0.2, 0.25) is 5.02 Å². The van der Waals surface area contributed by atoms with Crippen molar-refractivity contribution in [2.24, 2.45) is 5.73 Å². The van der Waals surface area contributed by atoms with E-state index in [1.54, 1.807) is 24.3 Å². The van der Waals surface area contributed by atoms with Gasteiger partial charge in [-0.1, -0.05) is 23.7 Å². The molecule has 2 aliphatic heterocycles. The van der Waals surface area contributed by atoms with Crippen LogP contribution in [0.15, 0.2) is 56.8 Å². The van der Waals surface area contributed by atoms with Gasteiger partial charge in [-0.05, 0) is 36.2 Å². The lowest BCUT2D eigenvalue weighted by Gasteiger charge is -2.23. The van der Waals surface area contributed by atoms with E-state index >= 15 is 4.39 Å². The molecule has 11 nitrogen and oxygen atoms in total. The summed E-state index contributed by atoms with van der Waals surface area (Å²) in [5, 5.41) is 9.06. The first kappa shape index (κ1) is 25.7. The van der Waals surface area contributed by atoms with Crippen molar-refractivity contribution in [1.29, 1.82) is 0 Å². The second kappa shape index (κ2) is 9.72. The van der Waals surface area contributed by atoms with E-state index in [0.29, 0.717) is 29.0 Å². The molecule has 198 valence electrons. The van der Waals surface area contributed by atoms with Crippen molar-refractivity contribution in [3.63, 3.8) is 0 Å². The SMILES string of the molecule is COC(=O)N1CCC(c2nnc(-c3cc4c(cc3F)S(=O)(=O)C=C(N)C(=O)N4Cc3ccc(Cl)cc3)o2)C1. The molecule has 3 aromatic rings. The summed E-state index contributed by atoms with van der Waals surface area (Å²) in [6.45, 7) is 0.641. The Balaban J connectivity index is 1.55. The smallest absolute Gasteiger partial charge is 0.409 e. The average molecular weight is 562 g/mol. The molecule has 2 N–H and O–H groups in total. The molecule has 2 amide bonds. The second-order valence-corrected chi connectivity index (χ2v) is 11.0. The maximum atomic E-state index is 15.3. The molecule has 1 atom stereocenters. The number of benzene rings is 2. The van der Waals surface area contributed by atoms with Gasteiger partial charge in [-0.3, -0.25) is 4.79 Å². The highest BCUT2D eigenvalue weighted by molar-refractivity contribution is 7.94. The van der Waals surface area contributed by atoms with E-state index in [9.17, 15) is 18.0 Å². The van der Waals surface area contributed by atoms with Gasteiger partial charge in [0.05, 0.1) is 41.1 Å². The number of aromatic nitrogens is 2. The molecule has 1 saturated heterocycles. The third-order valence-electron chi connectivity index (χ3n) is 6.32. The van der Waals surface area contributed by atoms with Crippen molar-refractivity contribution >= 4 is 39.1 Å². The topological polar surface area (TPSA) is 149 Å². The summed E-state index contributed by atoms with van der Waals surface area (Å²) >= 11 is 5.96. The number of ether oxygens (including phenoxy) is 1. The van der Waals surface area contributed by atoms with Crippen molar-refractivity contribution in [3.05, 3.63) is 69.8 Å². The molecule has 14 heteroatoms. The molecule has 1 aromatic heterocycles. The highest BCUT2D eigenvalue weighted by Crippen LogP contribution is 2.38. The Bertz CT molecular complexity index is 1570. The number of halogens is 2. The lowest BCUT2D eigenvalue weighted by Crippen LogP contribution is -2.33. The number of hydrogen-bond acceptors (Lipinski definition) is 9. The Morgan fingerprint density at radius 1 is 1.26 bits per heavy atom. The molecule has 1 fully saturated rings. The number of amides is 2. The number of nitrogens with two attached hydrogens (primary N) is 1. The van der Waals surface area contributed by atoms with E-state index in [-0.39, 0.29) is 42.0 Å². The first-order valence-electron chi connectivity index (χ1n) is 11.4. The fourth-order valence-electron chi connectivity index (χ4n) is 4.39. The van der Waals surface area contributed by atoms with Gasteiger partial charge in [-0.2, -0.15) is 0 Å². The van der Waals surface area contributed by atoms with Gasteiger partial charge in [0.25, 0.3) is 11.8 Å². The van der Waals surface area contributed by atoms with Crippen LogP contribution in [-0.4, -0.2) is 55.7 Å². The van der Waals surface area contributed by atoms with Gasteiger partial charge in [-0.15, -0.1) is 10.2 Å². The van der Waals surface area contributed by atoms with E-state index in [0.717, 1.165) is 11.0 Å². The van der Waals surface area contributed by atoms with Gasteiger partial charge < -0.3 is 24.7 Å². The predicted molar refractivity (Wildman–Crippen MR) is 133 cm³/mol. The number of rotatable bonds is 4. The van der Waals surface area contributed by atoms with Crippen LogP contribution in [0.5, 0.6) is 0 Å². The summed E-state index contributed by atoms with van der Waals surface area (Å²) in [4.78, 5) is 27.1. The molecule has 2 aromatic carbocycles. The van der Waals surface area contributed by atoms with Gasteiger partial charge >= 0.3 is 6.09 Å². The zero-order valence-corrected chi connectivity index (χ0v) is 21.5. The maximum absolute atomic E-state index is 15.3. The zero-order valence-electron chi connectivity index (χ0n) is 19.9. The lowest BCUT2D eigenvalue weighted by atomic mass is 10.1. The summed E-state index contributed by atoms with van der Waals surface area (Å²) < 4.78 is 51.7. The quantitative estimate of drug-likeness (QED) is 0.506. The first-order valence-corrected chi connectivity index (χ1v) is 13.3. The Kier molecular flexibility index (Phi) is 6.57. The average Bonchev–Trinajstić information content (AvgIpc) is 3.56. The van der Waals surface area contributed by atoms with Crippen LogP contribution in [0.4, 0.5) is 14.9 Å². The Morgan fingerprint density at radius 2 is 2.00 bits per heavy atom. The van der Waals surface area contributed by atoms with Crippen molar-refractivity contribution in [1.82, 2.24) is 15.1 Å². The summed E-state index contributed by atoms with van der Waals surface area (Å²) in [5.74, 6) is -2.03. The minimum Gasteiger partial charge on any atom is -0.453 e. The first-order chi connectivity index (χ1) is 18.1. The third-order valence-corrected chi connectivity index (χ3v) is 8.07. The van der Waals surface area contributed by atoms with Crippen LogP contribution >= 0.6 is 11.6 Å². The van der Waals surface area contributed by atoms with Gasteiger partial charge in [0.15, 0.2) is 0 Å². The van der Waals surface area contributed by atoms with E-state index < -0.39 is 38.2 Å². The Morgan fingerprint density at radius 3 is 2.71 bits per heavy atom. The van der Waals surface area contributed by atoms with Gasteiger partial charge in [0.1, 0.15) is 11.5 Å². The fourth-order valence-corrected chi connectivity index (χ4v) is 5.80. The minimum atomic E-state index is -4.27. The van der Waals surface area contributed by atoms with Crippen molar-refractivity contribution in [2.45, 2.75) is 23.8 Å². The number of carbonyl (C=O) groups is 2. The van der Waals surface area contributed by atoms with E-state index in [1.165, 1.54) is 18.1 Å². The third kappa shape index (κ3) is 4.70. The van der Waals surface area contributed by atoms with Gasteiger partial charge in [0.2, 0.25) is 15.7 Å². The molecule has 3 heterocycles. The molecule has 1 unspecified atom stereocenters. The molecule has 0 radical (unpaired) electrons. The monoisotopic (exact) mass is 561 g/mol. The van der Waals surface area contributed by atoms with Crippen LogP contribution < -0.4 is 10.6 Å². The number of sulfone groups is 1. The van der Waals surface area contributed by atoms with Crippen LogP contribution in [0.3, 0.4) is 0 Å². The highest BCUT2D eigenvalue weighted by Gasteiger charge is 2.35. The molecular formula is C24H21ClFN5O6S. The van der Waals surface area contributed by atoms with Crippen molar-refractivity contribution < 1.29 is 31.6 Å². The largest absolute Gasteiger partial charge is 0.453 e.